The van der Waals surface area contributed by atoms with Crippen molar-refractivity contribution >= 4 is 0 Å². The largest absolute Gasteiger partial charge is 0.315 e. The molecule has 86 valence electrons. The van der Waals surface area contributed by atoms with Gasteiger partial charge in [0.1, 0.15) is 6.04 Å². The molecule has 0 spiro atoms. The van der Waals surface area contributed by atoms with Gasteiger partial charge in [-0.3, -0.25) is 0 Å². The number of piperidine rings is 1. The maximum Gasteiger partial charge on any atom is 0.106 e. The summed E-state index contributed by atoms with van der Waals surface area (Å²) in [5, 5.41) is 8.63. The zero-order valence-electron chi connectivity index (χ0n) is 9.82. The molecule has 0 aromatic carbocycles. The van der Waals surface area contributed by atoms with Gasteiger partial charge in [0.2, 0.25) is 0 Å². The minimum atomic E-state index is -0.324. The van der Waals surface area contributed by atoms with Crippen LogP contribution in [0.15, 0.2) is 0 Å². The molecule has 4 nitrogen and oxygen atoms in total. The van der Waals surface area contributed by atoms with Gasteiger partial charge < -0.3 is 15.5 Å². The molecule has 1 aliphatic rings. The topological polar surface area (TPSA) is 56.3 Å². The first-order valence-electron chi connectivity index (χ1n) is 5.64. The summed E-state index contributed by atoms with van der Waals surface area (Å²) in [5.74, 6) is 0.814. The quantitative estimate of drug-likeness (QED) is 0.715. The second-order valence-electron chi connectivity index (χ2n) is 4.74. The molecule has 0 aromatic rings. The molecule has 1 atom stereocenters. The summed E-state index contributed by atoms with van der Waals surface area (Å²) >= 11 is 0. The summed E-state index contributed by atoms with van der Waals surface area (Å²) < 4.78 is 0. The second kappa shape index (κ2) is 6.06. The van der Waals surface area contributed by atoms with E-state index in [0.29, 0.717) is 0 Å². The Balaban J connectivity index is 2.21. The van der Waals surface area contributed by atoms with Gasteiger partial charge in [-0.1, -0.05) is 0 Å². The van der Waals surface area contributed by atoms with Crippen molar-refractivity contribution < 1.29 is 0 Å². The average Bonchev–Trinajstić information content (AvgIpc) is 2.20. The minimum absolute atomic E-state index is 0.324. The van der Waals surface area contributed by atoms with E-state index in [-0.39, 0.29) is 6.04 Å². The van der Waals surface area contributed by atoms with Gasteiger partial charge in [-0.05, 0) is 45.9 Å². The Bertz CT molecular complexity index is 213. The molecule has 0 radical (unpaired) electrons. The lowest BCUT2D eigenvalue weighted by molar-refractivity contribution is 0.161. The molecular formula is C11H22N4. The van der Waals surface area contributed by atoms with E-state index < -0.39 is 0 Å². The predicted octanol–water partition coefficient (Wildman–Crippen LogP) is 0.111. The van der Waals surface area contributed by atoms with Gasteiger partial charge in [-0.2, -0.15) is 5.26 Å². The number of likely N-dealkylation sites (tertiary alicyclic amines) is 1. The highest BCUT2D eigenvalue weighted by Gasteiger charge is 2.20. The van der Waals surface area contributed by atoms with E-state index in [0.717, 1.165) is 25.6 Å². The maximum absolute atomic E-state index is 8.63. The average molecular weight is 210 g/mol. The van der Waals surface area contributed by atoms with E-state index in [1.807, 2.05) is 0 Å². The molecule has 1 aliphatic heterocycles. The molecule has 1 rings (SSSR count). The van der Waals surface area contributed by atoms with E-state index >= 15 is 0 Å². The first kappa shape index (κ1) is 12.4. The zero-order chi connectivity index (χ0) is 11.3. The van der Waals surface area contributed by atoms with Crippen LogP contribution in [0.25, 0.3) is 0 Å². The smallest absolute Gasteiger partial charge is 0.106 e. The monoisotopic (exact) mass is 210 g/mol. The van der Waals surface area contributed by atoms with Crippen LogP contribution in [0.3, 0.4) is 0 Å². The van der Waals surface area contributed by atoms with E-state index in [2.05, 4.69) is 30.0 Å². The van der Waals surface area contributed by atoms with Gasteiger partial charge >= 0.3 is 0 Å². The van der Waals surface area contributed by atoms with Crippen molar-refractivity contribution in [2.24, 2.45) is 11.7 Å². The molecule has 0 saturated carbocycles. The molecule has 0 aromatic heterocycles. The molecule has 0 amide bonds. The van der Waals surface area contributed by atoms with Crippen LogP contribution in [-0.4, -0.2) is 56.1 Å². The summed E-state index contributed by atoms with van der Waals surface area (Å²) in [7, 11) is 4.25. The zero-order valence-corrected chi connectivity index (χ0v) is 9.82. The van der Waals surface area contributed by atoms with Gasteiger partial charge in [0.25, 0.3) is 0 Å². The highest BCUT2D eigenvalue weighted by Crippen LogP contribution is 2.17. The van der Waals surface area contributed by atoms with Crippen LogP contribution < -0.4 is 5.73 Å². The van der Waals surface area contributed by atoms with E-state index in [9.17, 15) is 0 Å². The lowest BCUT2D eigenvalue weighted by Crippen LogP contribution is -2.42. The molecule has 1 fully saturated rings. The summed E-state index contributed by atoms with van der Waals surface area (Å²) in [6.45, 7) is 4.09. The van der Waals surface area contributed by atoms with Gasteiger partial charge in [-0.15, -0.1) is 0 Å². The summed E-state index contributed by atoms with van der Waals surface area (Å²) in [5.41, 5.74) is 5.61. The van der Waals surface area contributed by atoms with Crippen LogP contribution in [0.2, 0.25) is 0 Å². The molecule has 0 aliphatic carbocycles. The number of rotatable bonds is 4. The standard InChI is InChI=1S/C11H22N4/c1-14(2)8-10-3-5-15(6-4-10)9-11(13)7-12/h10-11H,3-6,8-9,13H2,1-2H3. The fourth-order valence-corrected chi connectivity index (χ4v) is 2.19. The summed E-state index contributed by atoms with van der Waals surface area (Å²) in [4.78, 5) is 4.56. The highest BCUT2D eigenvalue weighted by molar-refractivity contribution is 4.90. The third kappa shape index (κ3) is 4.61. The number of nitriles is 1. The Morgan fingerprint density at radius 1 is 1.47 bits per heavy atom. The first-order chi connectivity index (χ1) is 7.11. The highest BCUT2D eigenvalue weighted by atomic mass is 15.1. The number of nitrogens with zero attached hydrogens (tertiary/aromatic N) is 3. The predicted molar refractivity (Wildman–Crippen MR) is 61.3 cm³/mol. The van der Waals surface area contributed by atoms with Crippen LogP contribution >= 0.6 is 0 Å². The summed E-state index contributed by atoms with van der Waals surface area (Å²) in [6.07, 6.45) is 2.46. The van der Waals surface area contributed by atoms with Gasteiger partial charge in [-0.25, -0.2) is 0 Å². The Morgan fingerprint density at radius 2 is 2.07 bits per heavy atom. The van der Waals surface area contributed by atoms with Crippen LogP contribution in [0.5, 0.6) is 0 Å². The van der Waals surface area contributed by atoms with E-state index in [4.69, 9.17) is 11.0 Å². The molecule has 1 saturated heterocycles. The molecular weight excluding hydrogens is 188 g/mol. The third-order valence-corrected chi connectivity index (χ3v) is 2.95. The number of nitrogens with two attached hydrogens (primary N) is 1. The van der Waals surface area contributed by atoms with Crippen LogP contribution in [0, 0.1) is 17.2 Å². The van der Waals surface area contributed by atoms with Crippen LogP contribution in [0.1, 0.15) is 12.8 Å². The van der Waals surface area contributed by atoms with Crippen molar-refractivity contribution in [2.75, 3.05) is 40.3 Å². The van der Waals surface area contributed by atoms with Crippen molar-refractivity contribution in [3.63, 3.8) is 0 Å². The Hall–Kier alpha value is -0.630. The fraction of sp³-hybridized carbons (Fsp3) is 0.909. The Labute approximate surface area is 92.6 Å². The molecule has 1 unspecified atom stereocenters. The molecule has 2 N–H and O–H groups in total. The second-order valence-corrected chi connectivity index (χ2v) is 4.74. The lowest BCUT2D eigenvalue weighted by atomic mass is 9.96. The Morgan fingerprint density at radius 3 is 2.53 bits per heavy atom. The summed E-state index contributed by atoms with van der Waals surface area (Å²) in [6, 6.07) is 1.76. The van der Waals surface area contributed by atoms with Crippen molar-refractivity contribution in [2.45, 2.75) is 18.9 Å². The normalized spacial score (nSPS) is 21.5. The lowest BCUT2D eigenvalue weighted by Gasteiger charge is -2.33. The van der Waals surface area contributed by atoms with Crippen molar-refractivity contribution in [3.8, 4) is 6.07 Å². The van der Waals surface area contributed by atoms with Crippen molar-refractivity contribution in [1.29, 1.82) is 5.26 Å². The first-order valence-corrected chi connectivity index (χ1v) is 5.64. The number of hydrogen-bond donors (Lipinski definition) is 1. The molecule has 0 bridgehead atoms. The number of hydrogen-bond acceptors (Lipinski definition) is 4. The van der Waals surface area contributed by atoms with E-state index in [1.54, 1.807) is 0 Å². The maximum atomic E-state index is 8.63. The van der Waals surface area contributed by atoms with Crippen LogP contribution in [-0.2, 0) is 0 Å². The van der Waals surface area contributed by atoms with Crippen LogP contribution in [0.4, 0.5) is 0 Å². The third-order valence-electron chi connectivity index (χ3n) is 2.95. The van der Waals surface area contributed by atoms with Gasteiger partial charge in [0.15, 0.2) is 0 Å². The van der Waals surface area contributed by atoms with Crippen molar-refractivity contribution in [1.82, 2.24) is 9.80 Å². The molecule has 15 heavy (non-hydrogen) atoms. The van der Waals surface area contributed by atoms with E-state index in [1.165, 1.54) is 19.4 Å². The van der Waals surface area contributed by atoms with Crippen molar-refractivity contribution in [3.05, 3.63) is 0 Å². The van der Waals surface area contributed by atoms with Gasteiger partial charge in [0, 0.05) is 13.1 Å². The Kier molecular flexibility index (Phi) is 5.03. The SMILES string of the molecule is CN(C)CC1CCN(CC(N)C#N)CC1. The fourth-order valence-electron chi connectivity index (χ4n) is 2.19. The molecule has 4 heteroatoms. The minimum Gasteiger partial charge on any atom is -0.315 e. The molecule has 1 heterocycles. The van der Waals surface area contributed by atoms with Gasteiger partial charge in [0.05, 0.1) is 6.07 Å².